The summed E-state index contributed by atoms with van der Waals surface area (Å²) in [7, 11) is 0. The van der Waals surface area contributed by atoms with Crippen molar-refractivity contribution in [2.45, 2.75) is 130 Å². The smallest absolute Gasteiger partial charge is 0.0554 e. The van der Waals surface area contributed by atoms with Gasteiger partial charge in [0.2, 0.25) is 0 Å². The van der Waals surface area contributed by atoms with Crippen LogP contribution in [-0.2, 0) is 31.9 Å². The third kappa shape index (κ3) is 8.07. The maximum atomic E-state index is 10.1. The Hall–Kier alpha value is -2.10. The summed E-state index contributed by atoms with van der Waals surface area (Å²) in [6.45, 7) is 15.8. The molecule has 4 heteroatoms. The maximum absolute atomic E-state index is 10.1. The van der Waals surface area contributed by atoms with E-state index < -0.39 is 0 Å². The molecule has 6 rings (SSSR count). The first-order valence-electron chi connectivity index (χ1n) is 17.4. The van der Waals surface area contributed by atoms with Gasteiger partial charge in [0, 0.05) is 32.0 Å². The molecule has 4 aromatic rings. The minimum absolute atomic E-state index is 0. The predicted molar refractivity (Wildman–Crippen MR) is 189 cm³/mol. The van der Waals surface area contributed by atoms with Gasteiger partial charge in [-0.2, -0.15) is 0 Å². The number of nitrogens with zero attached hydrogens (tertiary/aromatic N) is 2. The van der Waals surface area contributed by atoms with Crippen molar-refractivity contribution >= 4 is 21.5 Å². The van der Waals surface area contributed by atoms with Crippen molar-refractivity contribution in [1.29, 1.82) is 0 Å². The van der Waals surface area contributed by atoms with E-state index in [9.17, 15) is 5.11 Å². The first-order valence-corrected chi connectivity index (χ1v) is 17.4. The summed E-state index contributed by atoms with van der Waals surface area (Å²) in [4.78, 5) is 4.81. The molecule has 1 N–H and O–H groups in total. The van der Waals surface area contributed by atoms with Gasteiger partial charge in [-0.05, 0) is 58.1 Å². The molecule has 2 aliphatic rings. The van der Waals surface area contributed by atoms with Gasteiger partial charge in [0.1, 0.15) is 0 Å². The molecule has 1 saturated carbocycles. The van der Waals surface area contributed by atoms with E-state index in [0.29, 0.717) is 23.9 Å². The van der Waals surface area contributed by atoms with Crippen LogP contribution in [0, 0.1) is 17.9 Å². The molecule has 1 fully saturated rings. The fourth-order valence-electron chi connectivity index (χ4n) is 7.67. The van der Waals surface area contributed by atoms with Crippen LogP contribution in [0.1, 0.15) is 117 Å². The molecule has 3 aromatic carbocycles. The van der Waals surface area contributed by atoms with E-state index in [1.165, 1.54) is 65.0 Å². The summed E-state index contributed by atoms with van der Waals surface area (Å²) in [6, 6.07) is 22.4. The molecule has 245 valence electrons. The molecular weight excluding hydrogens is 729 g/mol. The van der Waals surface area contributed by atoms with E-state index in [1.807, 2.05) is 6.20 Å². The Morgan fingerprint density at radius 3 is 2.33 bits per heavy atom. The average Bonchev–Trinajstić information content (AvgIpc) is 3.00. The topological polar surface area (TPSA) is 47.2 Å². The maximum Gasteiger partial charge on any atom is 0.0554 e. The van der Waals surface area contributed by atoms with Crippen molar-refractivity contribution in [3.63, 3.8) is 0 Å². The van der Waals surface area contributed by atoms with Gasteiger partial charge < -0.3 is 10.4 Å². The summed E-state index contributed by atoms with van der Waals surface area (Å²) in [5.41, 5.74) is 6.32. The molecule has 2 aliphatic carbocycles. The van der Waals surface area contributed by atoms with E-state index in [1.54, 1.807) is 0 Å². The molecule has 0 spiro atoms. The van der Waals surface area contributed by atoms with Crippen molar-refractivity contribution in [2.75, 3.05) is 0 Å². The Bertz CT molecular complexity index is 1550. The summed E-state index contributed by atoms with van der Waals surface area (Å²) >= 11 is 0. The van der Waals surface area contributed by atoms with Crippen LogP contribution in [0.15, 0.2) is 54.7 Å². The van der Waals surface area contributed by atoms with Crippen LogP contribution in [0.4, 0.5) is 0 Å². The largest absolute Gasteiger partial charge is 0.657 e. The number of pyridine rings is 1. The fraction of sp³-hybridized carbons (Fsp3) is 0.537. The second-order valence-corrected chi connectivity index (χ2v) is 14.4. The average molecular weight is 783 g/mol. The molecule has 1 radical (unpaired) electrons. The van der Waals surface area contributed by atoms with Gasteiger partial charge in [-0.3, -0.25) is 4.98 Å². The summed E-state index contributed by atoms with van der Waals surface area (Å²) < 4.78 is 0. The molecule has 2 unspecified atom stereocenters. The van der Waals surface area contributed by atoms with Gasteiger partial charge in [0.25, 0.3) is 0 Å². The summed E-state index contributed by atoms with van der Waals surface area (Å²) in [5, 5.41) is 20.0. The van der Waals surface area contributed by atoms with Crippen molar-refractivity contribution in [3.8, 4) is 11.3 Å². The number of benzene rings is 3. The van der Waals surface area contributed by atoms with Crippen LogP contribution in [0.2, 0.25) is 0 Å². The molecule has 0 amide bonds. The second-order valence-electron chi connectivity index (χ2n) is 14.4. The number of aromatic nitrogens is 1. The Morgan fingerprint density at radius 1 is 0.933 bits per heavy atom. The third-order valence-corrected chi connectivity index (χ3v) is 10.2. The van der Waals surface area contributed by atoms with E-state index >= 15 is 0 Å². The van der Waals surface area contributed by atoms with Gasteiger partial charge in [-0.25, -0.2) is 0 Å². The van der Waals surface area contributed by atoms with Crippen LogP contribution < -0.4 is 0 Å². The third-order valence-electron chi connectivity index (χ3n) is 10.2. The first kappa shape index (κ1) is 35.7. The van der Waals surface area contributed by atoms with Crippen LogP contribution in [0.25, 0.3) is 38.1 Å². The van der Waals surface area contributed by atoms with Crippen LogP contribution in [-0.4, -0.2) is 28.3 Å². The van der Waals surface area contributed by atoms with Gasteiger partial charge in [-0.1, -0.05) is 140 Å². The first-order chi connectivity index (χ1) is 21.1. The number of rotatable bonds is 9. The number of aliphatic hydroxyl groups excluding tert-OH is 1. The SMILES string of the molecule is CC(C)Cc1cc2c3c(nccc3c1)-c1[c-]c3ccccc3cc1C2(C)C.CCC(CC)C(O)CC(C)[N-]C1CCCCC1.[Ir]. The van der Waals surface area contributed by atoms with Gasteiger partial charge in [0.05, 0.1) is 6.10 Å². The zero-order valence-corrected chi connectivity index (χ0v) is 31.0. The molecular formula is C41H54IrN2O-2. The van der Waals surface area contributed by atoms with E-state index in [2.05, 4.69) is 103 Å². The van der Waals surface area contributed by atoms with E-state index in [0.717, 1.165) is 42.3 Å². The molecule has 0 bridgehead atoms. The minimum Gasteiger partial charge on any atom is -0.657 e. The van der Waals surface area contributed by atoms with Crippen LogP contribution in [0.3, 0.4) is 0 Å². The predicted octanol–water partition coefficient (Wildman–Crippen LogP) is 11.0. The molecule has 45 heavy (non-hydrogen) atoms. The van der Waals surface area contributed by atoms with Crippen molar-refractivity contribution in [3.05, 3.63) is 82.8 Å². The quantitative estimate of drug-likeness (QED) is 0.172. The van der Waals surface area contributed by atoms with Crippen molar-refractivity contribution in [2.24, 2.45) is 11.8 Å². The number of aliphatic hydroxyl groups is 1. The Labute approximate surface area is 286 Å². The molecule has 1 heterocycles. The van der Waals surface area contributed by atoms with E-state index in [-0.39, 0.29) is 31.6 Å². The van der Waals surface area contributed by atoms with Gasteiger partial charge >= 0.3 is 0 Å². The Balaban J connectivity index is 0.000000224. The molecule has 0 saturated heterocycles. The zero-order valence-electron chi connectivity index (χ0n) is 28.6. The van der Waals surface area contributed by atoms with Crippen LogP contribution in [0.5, 0.6) is 0 Å². The Morgan fingerprint density at radius 2 is 1.64 bits per heavy atom. The van der Waals surface area contributed by atoms with Gasteiger partial charge in [0.15, 0.2) is 0 Å². The second kappa shape index (κ2) is 15.7. The molecule has 1 aromatic heterocycles. The molecule has 2 atom stereocenters. The minimum atomic E-state index is -0.160. The van der Waals surface area contributed by atoms with Crippen LogP contribution >= 0.6 is 0 Å². The normalized spacial score (nSPS) is 17.0. The van der Waals surface area contributed by atoms with Crippen molar-refractivity contribution < 1.29 is 25.2 Å². The summed E-state index contributed by atoms with van der Waals surface area (Å²) in [6.07, 6.45) is 12.5. The number of hydrogen-bond acceptors (Lipinski definition) is 2. The van der Waals surface area contributed by atoms with E-state index in [4.69, 9.17) is 10.3 Å². The molecule has 0 aliphatic heterocycles. The monoisotopic (exact) mass is 783 g/mol. The van der Waals surface area contributed by atoms with Gasteiger partial charge in [-0.15, -0.1) is 35.7 Å². The molecule has 3 nitrogen and oxygen atoms in total. The standard InChI is InChI=1S/C26H24N.C15H30NO.Ir/c1-16(2)11-17-12-20-9-10-27-25-21-14-18-7-5-6-8-19(18)15-22(21)26(3,4)23(13-17)24(20)25;1-4-13(5-2)15(17)11-12(3)16-14-9-7-6-8-10-14;/h5-10,12-13,15-16H,11H2,1-4H3;12-15,17H,4-11H2,1-3H3;/q2*-1;. The Kier molecular flexibility index (Phi) is 12.4. The summed E-state index contributed by atoms with van der Waals surface area (Å²) in [5.74, 6) is 1.10. The number of fused-ring (bicyclic) bond motifs is 3. The zero-order chi connectivity index (χ0) is 31.4. The van der Waals surface area contributed by atoms with Crippen molar-refractivity contribution in [1.82, 2.24) is 4.98 Å². The fourth-order valence-corrected chi connectivity index (χ4v) is 7.67. The number of hydrogen-bond donors (Lipinski definition) is 1.